The molecule has 0 aliphatic carbocycles. The van der Waals surface area contributed by atoms with Crippen LogP contribution < -0.4 is 0 Å². The van der Waals surface area contributed by atoms with Gasteiger partial charge >= 0.3 is 0 Å². The second kappa shape index (κ2) is 2.50. The number of halogens is 1. The second-order valence-electron chi connectivity index (χ2n) is 0.791. The third-order valence-corrected chi connectivity index (χ3v) is 0.283. The van der Waals surface area contributed by atoms with Crippen molar-refractivity contribution < 1.29 is 4.39 Å². The SMILES string of the molecule is C=C(CF)N=O. The fraction of sp³-hybridized carbons (Fsp3) is 0.333. The molecule has 0 saturated heterocycles. The molecule has 0 N–H and O–H groups in total. The van der Waals surface area contributed by atoms with E-state index in [1.54, 1.807) is 0 Å². The van der Waals surface area contributed by atoms with Crippen LogP contribution in [0.2, 0.25) is 0 Å². The van der Waals surface area contributed by atoms with Gasteiger partial charge in [0.05, 0.1) is 0 Å². The van der Waals surface area contributed by atoms with Gasteiger partial charge in [-0.05, 0) is 5.18 Å². The Labute approximate surface area is 34.6 Å². The first-order valence-corrected chi connectivity index (χ1v) is 1.38. The predicted octanol–water partition coefficient (Wildman–Crippen LogP) is 1.24. The fourth-order valence-corrected chi connectivity index (χ4v) is 0.0244. The standard InChI is InChI=1S/C3H4FNO/c1-3(2-4)5-6/h1-2H2. The van der Waals surface area contributed by atoms with Crippen molar-refractivity contribution >= 4 is 0 Å². The lowest BCUT2D eigenvalue weighted by Crippen LogP contribution is -1.71. The molecule has 0 unspecified atom stereocenters. The summed E-state index contributed by atoms with van der Waals surface area (Å²) in [5.41, 5.74) is -0.255. The highest BCUT2D eigenvalue weighted by Gasteiger charge is 1.83. The minimum atomic E-state index is -0.844. The van der Waals surface area contributed by atoms with Crippen LogP contribution in [0.15, 0.2) is 17.5 Å². The third kappa shape index (κ3) is 1.58. The number of hydrogen-bond acceptors (Lipinski definition) is 2. The summed E-state index contributed by atoms with van der Waals surface area (Å²) in [6.07, 6.45) is 0. The van der Waals surface area contributed by atoms with E-state index in [4.69, 9.17) is 4.91 Å². The van der Waals surface area contributed by atoms with Gasteiger partial charge in [0.25, 0.3) is 0 Å². The Balaban J connectivity index is 3.23. The van der Waals surface area contributed by atoms with Gasteiger partial charge in [0.15, 0.2) is 0 Å². The van der Waals surface area contributed by atoms with Crippen molar-refractivity contribution in [2.75, 3.05) is 6.67 Å². The number of rotatable bonds is 2. The molecule has 0 rings (SSSR count). The van der Waals surface area contributed by atoms with Crippen LogP contribution in [0.3, 0.4) is 0 Å². The van der Waals surface area contributed by atoms with Gasteiger partial charge < -0.3 is 0 Å². The Morgan fingerprint density at radius 3 is 2.50 bits per heavy atom. The topological polar surface area (TPSA) is 29.4 Å². The molecule has 0 spiro atoms. The fourth-order valence-electron chi connectivity index (χ4n) is 0.0244. The van der Waals surface area contributed by atoms with Crippen molar-refractivity contribution in [1.29, 1.82) is 0 Å². The third-order valence-electron chi connectivity index (χ3n) is 0.283. The molecular formula is C3H4FNO. The summed E-state index contributed by atoms with van der Waals surface area (Å²) < 4.78 is 11.0. The van der Waals surface area contributed by atoms with Crippen molar-refractivity contribution in [2.24, 2.45) is 5.18 Å². The van der Waals surface area contributed by atoms with E-state index >= 15 is 0 Å². The lowest BCUT2D eigenvalue weighted by Gasteiger charge is -1.74. The van der Waals surface area contributed by atoms with Gasteiger partial charge in [0, 0.05) is 0 Å². The molecule has 0 aromatic carbocycles. The first-order chi connectivity index (χ1) is 2.81. The Morgan fingerprint density at radius 2 is 2.50 bits per heavy atom. The minimum Gasteiger partial charge on any atom is -0.244 e. The minimum absolute atomic E-state index is 0.255. The summed E-state index contributed by atoms with van der Waals surface area (Å²) in [5.74, 6) is 0. The lowest BCUT2D eigenvalue weighted by atomic mass is 10.6. The van der Waals surface area contributed by atoms with Crippen LogP contribution in [0.25, 0.3) is 0 Å². The van der Waals surface area contributed by atoms with Gasteiger partial charge in [-0.25, -0.2) is 4.39 Å². The van der Waals surface area contributed by atoms with E-state index in [-0.39, 0.29) is 5.70 Å². The Bertz CT molecular complexity index is 71.2. The van der Waals surface area contributed by atoms with Gasteiger partial charge in [0.1, 0.15) is 12.4 Å². The van der Waals surface area contributed by atoms with E-state index in [2.05, 4.69) is 11.8 Å². The van der Waals surface area contributed by atoms with E-state index in [9.17, 15) is 4.39 Å². The van der Waals surface area contributed by atoms with Crippen molar-refractivity contribution in [3.05, 3.63) is 17.2 Å². The van der Waals surface area contributed by atoms with Crippen LogP contribution in [0.5, 0.6) is 0 Å². The van der Waals surface area contributed by atoms with Gasteiger partial charge in [-0.15, -0.1) is 4.91 Å². The van der Waals surface area contributed by atoms with E-state index in [1.807, 2.05) is 0 Å². The maximum Gasteiger partial charge on any atom is 0.134 e. The summed E-state index contributed by atoms with van der Waals surface area (Å²) in [4.78, 5) is 9.15. The molecule has 0 heterocycles. The molecule has 0 radical (unpaired) electrons. The number of hydrogen-bond donors (Lipinski definition) is 0. The Kier molecular flexibility index (Phi) is 2.20. The van der Waals surface area contributed by atoms with Crippen molar-refractivity contribution in [3.63, 3.8) is 0 Å². The van der Waals surface area contributed by atoms with Gasteiger partial charge in [-0.2, -0.15) is 0 Å². The first-order valence-electron chi connectivity index (χ1n) is 1.38. The Morgan fingerprint density at radius 1 is 2.00 bits per heavy atom. The molecule has 0 aliphatic heterocycles. The van der Waals surface area contributed by atoms with Crippen LogP contribution in [-0.2, 0) is 0 Å². The molecule has 0 aliphatic rings. The quantitative estimate of drug-likeness (QED) is 0.468. The molecule has 34 valence electrons. The summed E-state index contributed by atoms with van der Waals surface area (Å²) in [7, 11) is 0. The monoisotopic (exact) mass is 89.0 g/mol. The van der Waals surface area contributed by atoms with Crippen LogP contribution >= 0.6 is 0 Å². The van der Waals surface area contributed by atoms with E-state index < -0.39 is 6.67 Å². The zero-order chi connectivity index (χ0) is 4.99. The molecule has 0 amide bonds. The summed E-state index contributed by atoms with van der Waals surface area (Å²) >= 11 is 0. The lowest BCUT2D eigenvalue weighted by molar-refractivity contribution is 0.541. The molecule has 3 heteroatoms. The molecule has 2 nitrogen and oxygen atoms in total. The van der Waals surface area contributed by atoms with Gasteiger partial charge in [0.2, 0.25) is 0 Å². The molecule has 0 saturated carbocycles. The van der Waals surface area contributed by atoms with Crippen LogP contribution in [0.4, 0.5) is 4.39 Å². The number of allylic oxidation sites excluding steroid dienone is 1. The maximum absolute atomic E-state index is 11.0. The van der Waals surface area contributed by atoms with Crippen molar-refractivity contribution in [3.8, 4) is 0 Å². The largest absolute Gasteiger partial charge is 0.244 e. The van der Waals surface area contributed by atoms with Crippen LogP contribution in [-0.4, -0.2) is 6.67 Å². The van der Waals surface area contributed by atoms with Crippen molar-refractivity contribution in [1.82, 2.24) is 0 Å². The summed E-state index contributed by atoms with van der Waals surface area (Å²) in [6, 6.07) is 0. The number of nitrogens with zero attached hydrogens (tertiary/aromatic N) is 1. The highest BCUT2D eigenvalue weighted by molar-refractivity contribution is 4.89. The number of alkyl halides is 1. The summed E-state index contributed by atoms with van der Waals surface area (Å²) in [5, 5.41) is 2.19. The zero-order valence-electron chi connectivity index (χ0n) is 3.15. The molecular weight excluding hydrogens is 85.0 g/mol. The van der Waals surface area contributed by atoms with E-state index in [0.29, 0.717) is 0 Å². The smallest absolute Gasteiger partial charge is 0.134 e. The molecule has 0 fully saturated rings. The average Bonchev–Trinajstić information content (AvgIpc) is 1.65. The van der Waals surface area contributed by atoms with Crippen LogP contribution in [0.1, 0.15) is 0 Å². The maximum atomic E-state index is 11.0. The van der Waals surface area contributed by atoms with Crippen molar-refractivity contribution in [2.45, 2.75) is 0 Å². The zero-order valence-corrected chi connectivity index (χ0v) is 3.15. The average molecular weight is 89.1 g/mol. The Hall–Kier alpha value is -0.730. The molecule has 0 aromatic heterocycles. The van der Waals surface area contributed by atoms with E-state index in [0.717, 1.165) is 0 Å². The second-order valence-corrected chi connectivity index (χ2v) is 0.791. The summed E-state index contributed by atoms with van der Waals surface area (Å²) in [6.45, 7) is 2.09. The highest BCUT2D eigenvalue weighted by Crippen LogP contribution is 1.87. The van der Waals surface area contributed by atoms with Crippen LogP contribution in [0, 0.1) is 4.91 Å². The molecule has 0 aromatic rings. The molecule has 6 heavy (non-hydrogen) atoms. The molecule has 0 bridgehead atoms. The normalized spacial score (nSPS) is 7.50. The van der Waals surface area contributed by atoms with E-state index in [1.165, 1.54) is 0 Å². The first kappa shape index (κ1) is 5.27. The molecule has 0 atom stereocenters. The highest BCUT2D eigenvalue weighted by atomic mass is 19.1. The van der Waals surface area contributed by atoms with Gasteiger partial charge in [-0.1, -0.05) is 6.58 Å². The predicted molar refractivity (Wildman–Crippen MR) is 20.9 cm³/mol. The number of nitroso groups, excluding NO2 is 1. The van der Waals surface area contributed by atoms with Gasteiger partial charge in [-0.3, -0.25) is 0 Å².